The number of aliphatic hydroxyl groups is 1. The number of methoxy groups -OCH3 is 2. The number of carboxylic acids is 1. The number of halogens is 4. The van der Waals surface area contributed by atoms with E-state index in [9.17, 15) is 23.1 Å². The normalized spacial score (nSPS) is 21.0. The number of nitrogens with one attached hydrogen (secondary N) is 1. The number of pyridine rings is 2. The van der Waals surface area contributed by atoms with Gasteiger partial charge in [0.05, 0.1) is 30.5 Å². The van der Waals surface area contributed by atoms with E-state index in [1.54, 1.807) is 7.11 Å². The van der Waals surface area contributed by atoms with Crippen molar-refractivity contribution >= 4 is 17.6 Å². The van der Waals surface area contributed by atoms with Crippen molar-refractivity contribution in [2.75, 3.05) is 14.2 Å². The van der Waals surface area contributed by atoms with Gasteiger partial charge in [-0.05, 0) is 81.2 Å². The Bertz CT molecular complexity index is 1980. The number of aliphatic carboxylic acids is 1. The van der Waals surface area contributed by atoms with Crippen LogP contribution in [0.2, 0.25) is 5.02 Å². The Hall–Kier alpha value is -4.39. The van der Waals surface area contributed by atoms with Crippen molar-refractivity contribution in [3.8, 4) is 40.0 Å². The minimum absolute atomic E-state index is 0.0413. The van der Waals surface area contributed by atoms with Gasteiger partial charge in [-0.1, -0.05) is 54.1 Å². The predicted octanol–water partition coefficient (Wildman–Crippen LogP) is 8.37. The summed E-state index contributed by atoms with van der Waals surface area (Å²) in [6.07, 6.45) is -3.25. The number of alkyl halides is 3. The van der Waals surface area contributed by atoms with Gasteiger partial charge in [0.1, 0.15) is 11.7 Å². The van der Waals surface area contributed by atoms with E-state index < -0.39 is 35.3 Å². The summed E-state index contributed by atoms with van der Waals surface area (Å²) < 4.78 is 59.9. The van der Waals surface area contributed by atoms with Crippen molar-refractivity contribution in [1.82, 2.24) is 15.3 Å². The number of benzene rings is 2. The third-order valence-electron chi connectivity index (χ3n) is 9.78. The number of aryl methyl sites for hydroxylation is 1. The third-order valence-corrected chi connectivity index (χ3v) is 10.2. The Morgan fingerprint density at radius 2 is 1.63 bits per heavy atom. The number of ether oxygens (including phenoxy) is 3. The molecule has 1 atom stereocenters. The van der Waals surface area contributed by atoms with Crippen LogP contribution in [-0.4, -0.2) is 51.5 Å². The van der Waals surface area contributed by atoms with E-state index in [2.05, 4.69) is 17.2 Å². The lowest BCUT2D eigenvalue weighted by molar-refractivity contribution is -0.140. The van der Waals surface area contributed by atoms with E-state index in [4.69, 9.17) is 35.9 Å². The largest absolute Gasteiger partial charge is 0.481 e. The Balaban J connectivity index is 1.27. The van der Waals surface area contributed by atoms with Crippen molar-refractivity contribution in [3.05, 3.63) is 87.4 Å². The van der Waals surface area contributed by atoms with E-state index in [0.29, 0.717) is 54.4 Å². The molecule has 2 aromatic heterocycles. The zero-order valence-corrected chi connectivity index (χ0v) is 30.1. The van der Waals surface area contributed by atoms with E-state index >= 15 is 0 Å². The third kappa shape index (κ3) is 7.84. The Labute approximate surface area is 305 Å². The van der Waals surface area contributed by atoms with Crippen LogP contribution in [0.4, 0.5) is 13.2 Å². The molecule has 0 spiro atoms. The van der Waals surface area contributed by atoms with Gasteiger partial charge in [-0.15, -0.1) is 0 Å². The quantitative estimate of drug-likeness (QED) is 0.124. The van der Waals surface area contributed by atoms with E-state index in [1.807, 2.05) is 55.5 Å². The fraction of sp³-hybridized carbons (Fsp3) is 0.410. The van der Waals surface area contributed by atoms with Gasteiger partial charge in [-0.25, -0.2) is 4.98 Å². The lowest BCUT2D eigenvalue weighted by Crippen LogP contribution is -2.60. The fourth-order valence-corrected chi connectivity index (χ4v) is 7.98. The number of nitrogens with zero attached hydrogens (tertiary/aromatic N) is 2. The highest BCUT2D eigenvalue weighted by molar-refractivity contribution is 6.36. The molecule has 9 nitrogen and oxygen atoms in total. The number of carboxylic acid groups (broad SMARTS) is 1. The van der Waals surface area contributed by atoms with Gasteiger partial charge < -0.3 is 29.7 Å². The van der Waals surface area contributed by atoms with Crippen LogP contribution in [0.5, 0.6) is 17.6 Å². The highest BCUT2D eigenvalue weighted by atomic mass is 35.5. The molecule has 276 valence electrons. The second-order valence-corrected chi connectivity index (χ2v) is 14.4. The van der Waals surface area contributed by atoms with Gasteiger partial charge >= 0.3 is 12.1 Å². The molecular weight excluding hydrogens is 699 g/mol. The van der Waals surface area contributed by atoms with Crippen LogP contribution in [0.1, 0.15) is 79.9 Å². The first kappa shape index (κ1) is 37.4. The Kier molecular flexibility index (Phi) is 10.5. The van der Waals surface area contributed by atoms with Crippen LogP contribution in [0.25, 0.3) is 22.4 Å². The standard InChI is InChI=1S/C39H41ClF3N3O6/c1-37(20-38(2,49)21-37)44-19-23-14-16-30(45-35(23)51-4)28-12-7-11-27(33(28)40)24-9-6-10-26-25(24)15-17-31(26)52-36-29(39(41,42)43)18-22(34(46-36)50-3)8-5-13-32(47)48/h6-7,9-12,14,16,18,31,44,49H,5,8,13,15,17,19-21H2,1-4H3,(H,47,48)/t31-,37?,38?/m0/s1. The summed E-state index contributed by atoms with van der Waals surface area (Å²) in [6, 6.07) is 16.0. The molecule has 0 aliphatic heterocycles. The van der Waals surface area contributed by atoms with Gasteiger partial charge in [0.2, 0.25) is 17.6 Å². The van der Waals surface area contributed by atoms with Gasteiger partial charge in [0, 0.05) is 40.8 Å². The average Bonchev–Trinajstić information content (AvgIpc) is 3.49. The van der Waals surface area contributed by atoms with Crippen LogP contribution in [0.15, 0.2) is 54.6 Å². The molecule has 3 N–H and O–H groups in total. The topological polar surface area (TPSA) is 123 Å². The van der Waals surface area contributed by atoms with E-state index in [0.717, 1.165) is 33.9 Å². The molecule has 2 aromatic carbocycles. The molecule has 1 saturated carbocycles. The molecule has 0 bridgehead atoms. The molecule has 0 saturated heterocycles. The first-order chi connectivity index (χ1) is 24.6. The van der Waals surface area contributed by atoms with Crippen LogP contribution < -0.4 is 19.5 Å². The summed E-state index contributed by atoms with van der Waals surface area (Å²) in [5.74, 6) is -1.22. The zero-order valence-electron chi connectivity index (χ0n) is 29.4. The van der Waals surface area contributed by atoms with Crippen LogP contribution in [0.3, 0.4) is 0 Å². The first-order valence-electron chi connectivity index (χ1n) is 17.1. The number of hydrogen-bond donors (Lipinski definition) is 3. The van der Waals surface area contributed by atoms with Crippen LogP contribution >= 0.6 is 11.6 Å². The summed E-state index contributed by atoms with van der Waals surface area (Å²) in [5.41, 5.74) is 3.67. The summed E-state index contributed by atoms with van der Waals surface area (Å²) in [7, 11) is 2.87. The fourth-order valence-electron chi connectivity index (χ4n) is 7.66. The molecule has 2 heterocycles. The maximum Gasteiger partial charge on any atom is 0.421 e. The van der Waals surface area contributed by atoms with Crippen LogP contribution in [0, 0.1) is 0 Å². The molecule has 4 aromatic rings. The predicted molar refractivity (Wildman–Crippen MR) is 190 cm³/mol. The first-order valence-corrected chi connectivity index (χ1v) is 17.4. The molecule has 0 radical (unpaired) electrons. The molecule has 2 aliphatic carbocycles. The molecule has 2 aliphatic rings. The van der Waals surface area contributed by atoms with Crippen molar-refractivity contribution < 1.29 is 42.4 Å². The monoisotopic (exact) mass is 739 g/mol. The SMILES string of the molecule is COc1nc(-c2cccc(-c3cccc4c3CC[C@@H]4Oc3nc(OC)c(CCCC(=O)O)cc3C(F)(F)F)c2Cl)ccc1CNC1(C)CC(C)(O)C1. The molecule has 52 heavy (non-hydrogen) atoms. The summed E-state index contributed by atoms with van der Waals surface area (Å²) in [5, 5.41) is 23.2. The average molecular weight is 740 g/mol. The van der Waals surface area contributed by atoms with Gasteiger partial charge in [-0.3, -0.25) is 4.79 Å². The highest BCUT2D eigenvalue weighted by Gasteiger charge is 2.47. The molecule has 6 rings (SSSR count). The van der Waals surface area contributed by atoms with Crippen molar-refractivity contribution in [3.63, 3.8) is 0 Å². The van der Waals surface area contributed by atoms with Gasteiger partial charge in [0.15, 0.2) is 0 Å². The van der Waals surface area contributed by atoms with Gasteiger partial charge in [0.25, 0.3) is 0 Å². The second-order valence-electron chi connectivity index (χ2n) is 14.1. The number of rotatable bonds is 13. The molecular formula is C39H41ClF3N3O6. The summed E-state index contributed by atoms with van der Waals surface area (Å²) in [6.45, 7) is 4.43. The summed E-state index contributed by atoms with van der Waals surface area (Å²) in [4.78, 5) is 19.9. The van der Waals surface area contributed by atoms with Crippen molar-refractivity contribution in [2.24, 2.45) is 0 Å². The number of hydrogen-bond acceptors (Lipinski definition) is 8. The number of fused-ring (bicyclic) bond motifs is 1. The van der Waals surface area contributed by atoms with Crippen LogP contribution in [-0.2, 0) is 30.4 Å². The molecule has 0 amide bonds. The second kappa shape index (κ2) is 14.6. The van der Waals surface area contributed by atoms with E-state index in [1.165, 1.54) is 7.11 Å². The Morgan fingerprint density at radius 1 is 0.962 bits per heavy atom. The smallest absolute Gasteiger partial charge is 0.421 e. The number of carbonyl (C=O) groups is 1. The van der Waals surface area contributed by atoms with Crippen molar-refractivity contribution in [1.29, 1.82) is 0 Å². The van der Waals surface area contributed by atoms with Gasteiger partial charge in [-0.2, -0.15) is 18.2 Å². The van der Waals surface area contributed by atoms with E-state index in [-0.39, 0.29) is 36.2 Å². The zero-order chi connectivity index (χ0) is 37.4. The van der Waals surface area contributed by atoms with Crippen molar-refractivity contribution in [2.45, 2.75) is 88.8 Å². The maximum absolute atomic E-state index is 14.3. The molecule has 0 unspecified atom stereocenters. The minimum Gasteiger partial charge on any atom is -0.481 e. The molecule has 13 heteroatoms. The lowest BCUT2D eigenvalue weighted by Gasteiger charge is -2.50. The molecule has 1 fully saturated rings. The maximum atomic E-state index is 14.3. The lowest BCUT2D eigenvalue weighted by atomic mass is 9.67. The summed E-state index contributed by atoms with van der Waals surface area (Å²) >= 11 is 7.10. The highest BCUT2D eigenvalue weighted by Crippen LogP contribution is 2.46. The minimum atomic E-state index is -4.77. The number of aromatic nitrogens is 2. The Morgan fingerprint density at radius 3 is 2.31 bits per heavy atom.